The second kappa shape index (κ2) is 8.68. The van der Waals surface area contributed by atoms with Crippen molar-refractivity contribution in [1.29, 1.82) is 0 Å². The van der Waals surface area contributed by atoms with Crippen molar-refractivity contribution in [2.45, 2.75) is 30.7 Å². The van der Waals surface area contributed by atoms with Crippen LogP contribution in [-0.2, 0) is 19.7 Å². The standard InChI is InChI=1S/C29H24NO6/c1-2-35-25(31)9-10-26(32)36-24-8-5-6-21-23-16-29(19-11-14-33-17-19,20-12-15-34-18-20)28(27(21)24)22-7-3-4-13-30(22)23/h3-15,17-18,23,28H,2,16H2,1H3/q+1. The van der Waals surface area contributed by atoms with Crippen LogP contribution in [0.1, 0.15) is 53.3 Å². The number of fused-ring (bicyclic) bond motifs is 1. The summed E-state index contributed by atoms with van der Waals surface area (Å²) in [5, 5.41) is 0. The van der Waals surface area contributed by atoms with Crippen LogP contribution >= 0.6 is 0 Å². The molecule has 3 aliphatic rings. The molecule has 4 aromatic rings. The molecular formula is C29H24NO6+. The molecule has 1 aromatic carbocycles. The maximum atomic E-state index is 12.7. The number of esters is 2. The van der Waals surface area contributed by atoms with Crippen molar-refractivity contribution in [1.82, 2.24) is 0 Å². The molecule has 0 saturated heterocycles. The lowest BCUT2D eigenvalue weighted by Gasteiger charge is -2.48. The summed E-state index contributed by atoms with van der Waals surface area (Å²) in [7, 11) is 0. The molecule has 1 aliphatic carbocycles. The molecule has 0 fully saturated rings. The molecule has 2 unspecified atom stereocenters. The number of hydrogen-bond donors (Lipinski definition) is 0. The van der Waals surface area contributed by atoms with E-state index in [1.54, 1.807) is 38.0 Å². The highest BCUT2D eigenvalue weighted by molar-refractivity contribution is 5.92. The first-order valence-electron chi connectivity index (χ1n) is 11.9. The lowest BCUT2D eigenvalue weighted by Crippen LogP contribution is -2.60. The van der Waals surface area contributed by atoms with Gasteiger partial charge in [0.15, 0.2) is 17.9 Å². The maximum Gasteiger partial charge on any atom is 0.336 e. The van der Waals surface area contributed by atoms with E-state index in [-0.39, 0.29) is 18.6 Å². The quantitative estimate of drug-likeness (QED) is 0.173. The molecule has 3 aromatic heterocycles. The van der Waals surface area contributed by atoms with E-state index in [0.717, 1.165) is 46.5 Å². The van der Waals surface area contributed by atoms with Gasteiger partial charge in [-0.05, 0) is 25.1 Å². The Labute approximate surface area is 207 Å². The molecule has 5 heterocycles. The Morgan fingerprint density at radius 3 is 2.44 bits per heavy atom. The molecular weight excluding hydrogens is 458 g/mol. The molecule has 0 spiro atoms. The Balaban J connectivity index is 1.52. The van der Waals surface area contributed by atoms with Gasteiger partial charge in [-0.25, -0.2) is 9.59 Å². The van der Waals surface area contributed by atoms with Gasteiger partial charge in [-0.1, -0.05) is 18.2 Å². The van der Waals surface area contributed by atoms with E-state index in [0.29, 0.717) is 5.75 Å². The summed E-state index contributed by atoms with van der Waals surface area (Å²) in [6, 6.07) is 16.0. The first-order valence-corrected chi connectivity index (χ1v) is 11.9. The first kappa shape index (κ1) is 22.1. The number of benzene rings is 1. The Hall–Kier alpha value is -4.39. The predicted octanol–water partition coefficient (Wildman–Crippen LogP) is 4.61. The number of aromatic nitrogens is 1. The third kappa shape index (κ3) is 3.31. The van der Waals surface area contributed by atoms with E-state index in [1.165, 1.54) is 0 Å². The van der Waals surface area contributed by atoms with E-state index in [9.17, 15) is 9.59 Å². The van der Waals surface area contributed by atoms with Crippen LogP contribution in [0.25, 0.3) is 0 Å². The summed E-state index contributed by atoms with van der Waals surface area (Å²) in [6.07, 6.45) is 12.0. The van der Waals surface area contributed by atoms with Crippen molar-refractivity contribution >= 4 is 11.9 Å². The summed E-state index contributed by atoms with van der Waals surface area (Å²) < 4.78 is 24.2. The molecule has 0 amide bonds. The average Bonchev–Trinajstić information content (AvgIpc) is 3.63. The zero-order chi connectivity index (χ0) is 24.7. The molecule has 2 atom stereocenters. The number of ether oxygens (including phenoxy) is 2. The fourth-order valence-corrected chi connectivity index (χ4v) is 5.92. The molecule has 7 heteroatoms. The minimum atomic E-state index is -0.643. The summed E-state index contributed by atoms with van der Waals surface area (Å²) in [4.78, 5) is 24.4. The molecule has 7 nitrogen and oxygen atoms in total. The fourth-order valence-electron chi connectivity index (χ4n) is 5.92. The number of pyridine rings is 1. The number of carbonyl (C=O) groups is 2. The van der Waals surface area contributed by atoms with Crippen LogP contribution < -0.4 is 9.30 Å². The predicted molar refractivity (Wildman–Crippen MR) is 127 cm³/mol. The third-order valence-electron chi connectivity index (χ3n) is 7.24. The van der Waals surface area contributed by atoms with E-state index in [4.69, 9.17) is 18.3 Å². The molecule has 2 bridgehead atoms. The molecule has 2 aliphatic heterocycles. The largest absolute Gasteiger partial charge is 0.472 e. The number of carbonyl (C=O) groups excluding carboxylic acids is 2. The number of nitrogens with zero attached hydrogens (tertiary/aromatic N) is 1. The van der Waals surface area contributed by atoms with Crippen LogP contribution in [0.15, 0.2) is 101 Å². The Bertz CT molecular complexity index is 1420. The van der Waals surface area contributed by atoms with Crippen molar-refractivity contribution in [3.8, 4) is 5.75 Å². The Kier molecular flexibility index (Phi) is 5.33. The van der Waals surface area contributed by atoms with Gasteiger partial charge in [0.25, 0.3) is 0 Å². The molecule has 0 saturated carbocycles. The number of furan rings is 2. The highest BCUT2D eigenvalue weighted by Gasteiger charge is 2.61. The topological polar surface area (TPSA) is 82.8 Å². The minimum Gasteiger partial charge on any atom is -0.472 e. The minimum absolute atomic E-state index is 0.000254. The summed E-state index contributed by atoms with van der Waals surface area (Å²) in [6.45, 7) is 1.94. The SMILES string of the molecule is CCOC(=O)C=CC(=O)Oc1cccc2c1C1c3cccc[n+]3C2CC1(c1ccoc1)c1ccoc1. The molecule has 180 valence electrons. The smallest absolute Gasteiger partial charge is 0.336 e. The van der Waals surface area contributed by atoms with Crippen molar-refractivity contribution in [3.63, 3.8) is 0 Å². The average molecular weight is 483 g/mol. The van der Waals surface area contributed by atoms with Crippen molar-refractivity contribution in [2.75, 3.05) is 6.61 Å². The number of hydrogen-bond acceptors (Lipinski definition) is 6. The molecule has 0 N–H and O–H groups in total. The van der Waals surface area contributed by atoms with Crippen molar-refractivity contribution < 1.29 is 32.5 Å². The van der Waals surface area contributed by atoms with Crippen LogP contribution in [-0.4, -0.2) is 18.5 Å². The van der Waals surface area contributed by atoms with Crippen LogP contribution in [0, 0.1) is 0 Å². The zero-order valence-electron chi connectivity index (χ0n) is 19.6. The lowest BCUT2D eigenvalue weighted by molar-refractivity contribution is -0.732. The fraction of sp³-hybridized carbons (Fsp3) is 0.207. The van der Waals surface area contributed by atoms with Crippen LogP contribution in [0.3, 0.4) is 0 Å². The van der Waals surface area contributed by atoms with Gasteiger partial charge in [0.05, 0.1) is 43.0 Å². The summed E-state index contributed by atoms with van der Waals surface area (Å²) >= 11 is 0. The van der Waals surface area contributed by atoms with E-state index in [1.807, 2.05) is 30.3 Å². The van der Waals surface area contributed by atoms with Gasteiger partial charge in [-0.2, -0.15) is 4.57 Å². The summed E-state index contributed by atoms with van der Waals surface area (Å²) in [5.74, 6) is -0.956. The number of rotatable bonds is 6. The van der Waals surface area contributed by atoms with Crippen molar-refractivity contribution in [3.05, 3.63) is 120 Å². The maximum absolute atomic E-state index is 12.7. The van der Waals surface area contributed by atoms with Crippen LogP contribution in [0.2, 0.25) is 0 Å². The molecule has 36 heavy (non-hydrogen) atoms. The summed E-state index contributed by atoms with van der Waals surface area (Å²) in [5.41, 5.74) is 4.72. The van der Waals surface area contributed by atoms with Crippen molar-refractivity contribution in [2.24, 2.45) is 0 Å². The van der Waals surface area contributed by atoms with Gasteiger partial charge in [0, 0.05) is 53.0 Å². The van der Waals surface area contributed by atoms with Gasteiger partial charge in [-0.3, -0.25) is 0 Å². The third-order valence-corrected chi connectivity index (χ3v) is 7.24. The van der Waals surface area contributed by atoms with Gasteiger partial charge in [-0.15, -0.1) is 0 Å². The lowest BCUT2D eigenvalue weighted by atomic mass is 9.54. The normalized spacial score (nSPS) is 19.0. The van der Waals surface area contributed by atoms with Gasteiger partial charge in [0.2, 0.25) is 0 Å². The van der Waals surface area contributed by atoms with Gasteiger partial charge >= 0.3 is 11.9 Å². The Morgan fingerprint density at radius 2 is 1.75 bits per heavy atom. The van der Waals surface area contributed by atoms with Gasteiger partial charge in [0.1, 0.15) is 5.75 Å². The Morgan fingerprint density at radius 1 is 1.00 bits per heavy atom. The van der Waals surface area contributed by atoms with Crippen LogP contribution in [0.4, 0.5) is 0 Å². The monoisotopic (exact) mass is 482 g/mol. The van der Waals surface area contributed by atoms with E-state index in [2.05, 4.69) is 22.9 Å². The molecule has 0 radical (unpaired) electrons. The first-order chi connectivity index (χ1) is 17.6. The zero-order valence-corrected chi connectivity index (χ0v) is 19.6. The van der Waals surface area contributed by atoms with E-state index >= 15 is 0 Å². The highest BCUT2D eigenvalue weighted by atomic mass is 16.5. The van der Waals surface area contributed by atoms with Gasteiger partial charge < -0.3 is 18.3 Å². The van der Waals surface area contributed by atoms with Crippen LogP contribution in [0.5, 0.6) is 5.75 Å². The van der Waals surface area contributed by atoms with E-state index < -0.39 is 17.4 Å². The molecule has 7 rings (SSSR count). The second-order valence-corrected chi connectivity index (χ2v) is 8.95. The highest BCUT2D eigenvalue weighted by Crippen LogP contribution is 2.61. The second-order valence-electron chi connectivity index (χ2n) is 8.95.